The summed E-state index contributed by atoms with van der Waals surface area (Å²) in [6.45, 7) is 7.06. The summed E-state index contributed by atoms with van der Waals surface area (Å²) in [6, 6.07) is 7.24. The van der Waals surface area contributed by atoms with Crippen LogP contribution in [0.15, 0.2) is 30.5 Å². The van der Waals surface area contributed by atoms with Gasteiger partial charge in [-0.1, -0.05) is 11.3 Å². The second kappa shape index (κ2) is 10.2. The molecular formula is C19H27ClN6O2. The molecular weight excluding hydrogens is 380 g/mol. The number of carbonyl (C=O) groups excluding carboxylic acids is 2. The molecule has 1 aliphatic heterocycles. The maximum atomic E-state index is 12.5. The van der Waals surface area contributed by atoms with Gasteiger partial charge >= 0.3 is 0 Å². The Hall–Kier alpha value is -2.45. The highest BCUT2D eigenvalue weighted by atomic mass is 35.5. The summed E-state index contributed by atoms with van der Waals surface area (Å²) in [6.07, 6.45) is 3.64. The van der Waals surface area contributed by atoms with E-state index in [1.807, 2.05) is 13.8 Å². The van der Waals surface area contributed by atoms with Crippen LogP contribution >= 0.6 is 12.4 Å². The summed E-state index contributed by atoms with van der Waals surface area (Å²) >= 11 is 0. The van der Waals surface area contributed by atoms with E-state index in [4.69, 9.17) is 0 Å². The van der Waals surface area contributed by atoms with Crippen LogP contribution in [0.1, 0.15) is 53.6 Å². The fourth-order valence-electron chi connectivity index (χ4n) is 3.25. The summed E-state index contributed by atoms with van der Waals surface area (Å²) < 4.78 is 1.77. The highest BCUT2D eigenvalue weighted by Gasteiger charge is 2.19. The van der Waals surface area contributed by atoms with E-state index in [0.29, 0.717) is 24.3 Å². The van der Waals surface area contributed by atoms with Crippen LogP contribution in [0.4, 0.5) is 5.69 Å². The first-order chi connectivity index (χ1) is 13.1. The first kappa shape index (κ1) is 21.8. The number of benzene rings is 1. The number of aromatic nitrogens is 3. The lowest BCUT2D eigenvalue weighted by molar-refractivity contribution is 0.0772. The number of piperidine rings is 1. The SMILES string of the molecule is CCN(CC)C(=O)c1cccc(NC(=O)c2cn(C3CCNCC3)nn2)c1.Cl. The number of halogens is 1. The van der Waals surface area contributed by atoms with Crippen molar-refractivity contribution in [2.75, 3.05) is 31.5 Å². The number of rotatable bonds is 6. The van der Waals surface area contributed by atoms with Crippen molar-refractivity contribution in [3.63, 3.8) is 0 Å². The van der Waals surface area contributed by atoms with Crippen LogP contribution in [0.2, 0.25) is 0 Å². The van der Waals surface area contributed by atoms with Crippen molar-refractivity contribution < 1.29 is 9.59 Å². The third-order valence-electron chi connectivity index (χ3n) is 4.84. The molecule has 3 rings (SSSR count). The molecule has 1 fully saturated rings. The molecule has 0 radical (unpaired) electrons. The Balaban J connectivity index is 0.00000280. The summed E-state index contributed by atoms with van der Waals surface area (Å²) in [4.78, 5) is 26.7. The van der Waals surface area contributed by atoms with Gasteiger partial charge in [-0.3, -0.25) is 9.59 Å². The van der Waals surface area contributed by atoms with Crippen molar-refractivity contribution in [2.24, 2.45) is 0 Å². The molecule has 2 N–H and O–H groups in total. The Bertz CT molecular complexity index is 799. The van der Waals surface area contributed by atoms with Crippen LogP contribution < -0.4 is 10.6 Å². The first-order valence-corrected chi connectivity index (χ1v) is 9.45. The number of nitrogens with zero attached hydrogens (tertiary/aromatic N) is 4. The van der Waals surface area contributed by atoms with Gasteiger partial charge in [0, 0.05) is 24.3 Å². The second-order valence-electron chi connectivity index (χ2n) is 6.58. The Morgan fingerprint density at radius 3 is 2.64 bits per heavy atom. The lowest BCUT2D eigenvalue weighted by atomic mass is 10.1. The molecule has 1 aromatic carbocycles. The van der Waals surface area contributed by atoms with Crippen LogP contribution in [0.25, 0.3) is 0 Å². The molecule has 0 unspecified atom stereocenters. The Kier molecular flexibility index (Phi) is 7.95. The van der Waals surface area contributed by atoms with Crippen LogP contribution in [0.3, 0.4) is 0 Å². The second-order valence-corrected chi connectivity index (χ2v) is 6.58. The van der Waals surface area contributed by atoms with Gasteiger partial charge in [0.25, 0.3) is 11.8 Å². The number of carbonyl (C=O) groups is 2. The normalized spacial score (nSPS) is 14.2. The fourth-order valence-corrected chi connectivity index (χ4v) is 3.25. The maximum Gasteiger partial charge on any atom is 0.277 e. The van der Waals surface area contributed by atoms with Gasteiger partial charge in [-0.15, -0.1) is 17.5 Å². The predicted octanol–water partition coefficient (Wildman–Crippen LogP) is 2.36. The Morgan fingerprint density at radius 2 is 1.96 bits per heavy atom. The zero-order chi connectivity index (χ0) is 19.2. The number of anilines is 1. The number of amides is 2. The van der Waals surface area contributed by atoms with Gasteiger partial charge in [-0.2, -0.15) is 0 Å². The highest BCUT2D eigenvalue weighted by Crippen LogP contribution is 2.18. The standard InChI is InChI=1S/C19H26N6O2.ClH/c1-3-24(4-2)19(27)14-6-5-7-15(12-14)21-18(26)17-13-25(23-22-17)16-8-10-20-11-9-16;/h5-7,12-13,16,20H,3-4,8-11H2,1-2H3,(H,21,26);1H. The molecule has 2 amide bonds. The summed E-state index contributed by atoms with van der Waals surface area (Å²) in [7, 11) is 0. The molecule has 1 aliphatic rings. The van der Waals surface area contributed by atoms with E-state index < -0.39 is 0 Å². The highest BCUT2D eigenvalue weighted by molar-refractivity contribution is 6.03. The third kappa shape index (κ3) is 5.08. The van der Waals surface area contributed by atoms with Gasteiger partial charge in [0.15, 0.2) is 5.69 Å². The van der Waals surface area contributed by atoms with Crippen LogP contribution in [0.5, 0.6) is 0 Å². The lowest BCUT2D eigenvalue weighted by Crippen LogP contribution is -2.30. The van der Waals surface area contributed by atoms with Crippen molar-refractivity contribution in [3.05, 3.63) is 41.7 Å². The number of hydrogen-bond acceptors (Lipinski definition) is 5. The quantitative estimate of drug-likeness (QED) is 0.768. The molecule has 1 saturated heterocycles. The fraction of sp³-hybridized carbons (Fsp3) is 0.474. The van der Waals surface area contributed by atoms with Gasteiger partial charge in [0.05, 0.1) is 12.2 Å². The molecule has 8 nitrogen and oxygen atoms in total. The summed E-state index contributed by atoms with van der Waals surface area (Å²) in [5.41, 5.74) is 1.39. The van der Waals surface area contributed by atoms with E-state index in [1.54, 1.807) is 40.0 Å². The summed E-state index contributed by atoms with van der Waals surface area (Å²) in [5.74, 6) is -0.379. The Labute approximate surface area is 171 Å². The molecule has 0 atom stereocenters. The van der Waals surface area contributed by atoms with Gasteiger partial charge in [0.1, 0.15) is 0 Å². The molecule has 0 bridgehead atoms. The zero-order valence-electron chi connectivity index (χ0n) is 16.2. The van der Waals surface area contributed by atoms with E-state index in [1.165, 1.54) is 0 Å². The molecule has 2 heterocycles. The lowest BCUT2D eigenvalue weighted by Gasteiger charge is -2.22. The smallest absolute Gasteiger partial charge is 0.277 e. The van der Waals surface area contributed by atoms with Crippen molar-refractivity contribution in [1.29, 1.82) is 0 Å². The number of nitrogens with one attached hydrogen (secondary N) is 2. The van der Waals surface area contributed by atoms with Crippen molar-refractivity contribution in [3.8, 4) is 0 Å². The minimum atomic E-state index is -0.331. The van der Waals surface area contributed by atoms with Gasteiger partial charge in [-0.05, 0) is 58.0 Å². The third-order valence-corrected chi connectivity index (χ3v) is 4.84. The van der Waals surface area contributed by atoms with E-state index >= 15 is 0 Å². The van der Waals surface area contributed by atoms with E-state index in [2.05, 4.69) is 20.9 Å². The monoisotopic (exact) mass is 406 g/mol. The van der Waals surface area contributed by atoms with Crippen LogP contribution in [0, 0.1) is 0 Å². The van der Waals surface area contributed by atoms with Gasteiger partial charge in [0.2, 0.25) is 0 Å². The number of hydrogen-bond donors (Lipinski definition) is 2. The largest absolute Gasteiger partial charge is 0.339 e. The minimum absolute atomic E-state index is 0. The first-order valence-electron chi connectivity index (χ1n) is 9.45. The van der Waals surface area contributed by atoms with Crippen molar-refractivity contribution in [1.82, 2.24) is 25.2 Å². The predicted molar refractivity (Wildman–Crippen MR) is 110 cm³/mol. The molecule has 0 aliphatic carbocycles. The van der Waals surface area contributed by atoms with Gasteiger partial charge in [-0.25, -0.2) is 4.68 Å². The van der Waals surface area contributed by atoms with Crippen molar-refractivity contribution >= 4 is 29.9 Å². The molecule has 28 heavy (non-hydrogen) atoms. The van der Waals surface area contributed by atoms with Crippen molar-refractivity contribution in [2.45, 2.75) is 32.7 Å². The molecule has 1 aromatic heterocycles. The van der Waals surface area contributed by atoms with E-state index in [9.17, 15) is 9.59 Å². The topological polar surface area (TPSA) is 92.2 Å². The average Bonchev–Trinajstić information content (AvgIpc) is 3.20. The molecule has 152 valence electrons. The molecule has 0 spiro atoms. The minimum Gasteiger partial charge on any atom is -0.339 e. The Morgan fingerprint density at radius 1 is 1.25 bits per heavy atom. The summed E-state index contributed by atoms with van der Waals surface area (Å²) in [5, 5.41) is 14.2. The van der Waals surface area contributed by atoms with Gasteiger partial charge < -0.3 is 15.5 Å². The zero-order valence-corrected chi connectivity index (χ0v) is 17.0. The molecule has 2 aromatic rings. The van der Waals surface area contributed by atoms with E-state index in [0.717, 1.165) is 25.9 Å². The van der Waals surface area contributed by atoms with E-state index in [-0.39, 0.29) is 36.0 Å². The maximum absolute atomic E-state index is 12.5. The van der Waals surface area contributed by atoms with Crippen LogP contribution in [-0.2, 0) is 0 Å². The average molecular weight is 407 g/mol. The molecule has 9 heteroatoms. The van der Waals surface area contributed by atoms with Crippen LogP contribution in [-0.4, -0.2) is 57.9 Å². The molecule has 0 saturated carbocycles.